The van der Waals surface area contributed by atoms with E-state index in [0.717, 1.165) is 41.3 Å². The van der Waals surface area contributed by atoms with E-state index >= 15 is 0 Å². The second kappa shape index (κ2) is 6.57. The molecule has 1 saturated heterocycles. The van der Waals surface area contributed by atoms with Crippen LogP contribution in [0.15, 0.2) is 48.9 Å². The lowest BCUT2D eigenvalue weighted by molar-refractivity contribution is 0.0669. The van der Waals surface area contributed by atoms with Gasteiger partial charge in [-0.1, -0.05) is 17.7 Å². The summed E-state index contributed by atoms with van der Waals surface area (Å²) >= 11 is 0. The molecule has 1 aliphatic rings. The number of aryl methyl sites for hydroxylation is 1. The van der Waals surface area contributed by atoms with E-state index < -0.39 is 0 Å². The van der Waals surface area contributed by atoms with Gasteiger partial charge in [0.25, 0.3) is 0 Å². The van der Waals surface area contributed by atoms with Gasteiger partial charge in [0.1, 0.15) is 6.61 Å². The van der Waals surface area contributed by atoms with E-state index in [2.05, 4.69) is 35.1 Å². The standard InChI is InChI=1S/C20H20N2O2/c1-14-4-5-17-18(11-14)20(24-13-16-3-2-10-23-16)22-12-19(17)15-6-8-21-9-7-15/h4-9,11-12,16H,2-3,10,13H2,1H3. The molecule has 4 heteroatoms. The molecule has 24 heavy (non-hydrogen) atoms. The highest BCUT2D eigenvalue weighted by Gasteiger charge is 2.17. The summed E-state index contributed by atoms with van der Waals surface area (Å²) in [5.74, 6) is 0.682. The zero-order chi connectivity index (χ0) is 16.4. The molecule has 1 aliphatic heterocycles. The Morgan fingerprint density at radius 3 is 2.83 bits per heavy atom. The molecule has 0 spiro atoms. The van der Waals surface area contributed by atoms with Gasteiger partial charge in [0.2, 0.25) is 5.88 Å². The van der Waals surface area contributed by atoms with E-state index in [1.54, 1.807) is 12.4 Å². The Morgan fingerprint density at radius 1 is 1.17 bits per heavy atom. The fraction of sp³-hybridized carbons (Fsp3) is 0.300. The summed E-state index contributed by atoms with van der Waals surface area (Å²) < 4.78 is 11.6. The molecule has 0 amide bonds. The molecular formula is C20H20N2O2. The molecule has 122 valence electrons. The van der Waals surface area contributed by atoms with Crippen molar-refractivity contribution in [2.24, 2.45) is 0 Å². The van der Waals surface area contributed by atoms with Gasteiger partial charge >= 0.3 is 0 Å². The number of nitrogens with zero attached hydrogens (tertiary/aromatic N) is 2. The van der Waals surface area contributed by atoms with Gasteiger partial charge < -0.3 is 9.47 Å². The first-order valence-electron chi connectivity index (χ1n) is 8.35. The van der Waals surface area contributed by atoms with Gasteiger partial charge in [-0.2, -0.15) is 0 Å². The molecule has 0 aliphatic carbocycles. The number of hydrogen-bond acceptors (Lipinski definition) is 4. The van der Waals surface area contributed by atoms with Crippen molar-refractivity contribution < 1.29 is 9.47 Å². The first kappa shape index (κ1) is 15.1. The minimum Gasteiger partial charge on any atom is -0.474 e. The second-order valence-electron chi connectivity index (χ2n) is 6.21. The number of hydrogen-bond donors (Lipinski definition) is 0. The van der Waals surface area contributed by atoms with Crippen molar-refractivity contribution in [2.75, 3.05) is 13.2 Å². The molecule has 1 fully saturated rings. The van der Waals surface area contributed by atoms with Crippen LogP contribution in [0.1, 0.15) is 18.4 Å². The van der Waals surface area contributed by atoms with Crippen molar-refractivity contribution in [3.8, 4) is 17.0 Å². The zero-order valence-corrected chi connectivity index (χ0v) is 13.7. The summed E-state index contributed by atoms with van der Waals surface area (Å²) in [5.41, 5.74) is 3.40. The largest absolute Gasteiger partial charge is 0.474 e. The highest BCUT2D eigenvalue weighted by Crippen LogP contribution is 2.33. The Balaban J connectivity index is 1.74. The molecule has 0 N–H and O–H groups in total. The molecule has 1 aromatic carbocycles. The number of fused-ring (bicyclic) bond motifs is 1. The quantitative estimate of drug-likeness (QED) is 0.724. The number of rotatable bonds is 4. The lowest BCUT2D eigenvalue weighted by Gasteiger charge is -2.14. The van der Waals surface area contributed by atoms with Crippen LogP contribution in [0.3, 0.4) is 0 Å². The van der Waals surface area contributed by atoms with Crippen molar-refractivity contribution in [1.29, 1.82) is 0 Å². The summed E-state index contributed by atoms with van der Waals surface area (Å²) in [7, 11) is 0. The Bertz CT molecular complexity index is 843. The molecule has 4 rings (SSSR count). The van der Waals surface area contributed by atoms with Crippen LogP contribution in [-0.2, 0) is 4.74 Å². The van der Waals surface area contributed by atoms with Gasteiger partial charge in [-0.15, -0.1) is 0 Å². The predicted molar refractivity (Wildman–Crippen MR) is 94.2 cm³/mol. The lowest BCUT2D eigenvalue weighted by Crippen LogP contribution is -2.16. The molecule has 2 aromatic heterocycles. The molecule has 0 saturated carbocycles. The van der Waals surface area contributed by atoms with Gasteiger partial charge in [0.05, 0.1) is 6.10 Å². The minimum absolute atomic E-state index is 0.187. The van der Waals surface area contributed by atoms with Gasteiger partial charge in [0, 0.05) is 36.1 Å². The first-order chi connectivity index (χ1) is 11.8. The van der Waals surface area contributed by atoms with Crippen LogP contribution >= 0.6 is 0 Å². The molecule has 3 aromatic rings. The van der Waals surface area contributed by atoms with E-state index in [1.165, 1.54) is 5.56 Å². The topological polar surface area (TPSA) is 44.2 Å². The molecule has 3 heterocycles. The maximum absolute atomic E-state index is 6.00. The van der Waals surface area contributed by atoms with Gasteiger partial charge in [-0.05, 0) is 48.9 Å². The molecule has 0 radical (unpaired) electrons. The molecule has 1 atom stereocenters. The summed E-state index contributed by atoms with van der Waals surface area (Å²) in [6.45, 7) is 3.48. The number of benzene rings is 1. The van der Waals surface area contributed by atoms with Crippen LogP contribution in [-0.4, -0.2) is 29.3 Å². The van der Waals surface area contributed by atoms with Crippen LogP contribution < -0.4 is 4.74 Å². The third kappa shape index (κ3) is 2.97. The maximum Gasteiger partial charge on any atom is 0.221 e. The van der Waals surface area contributed by atoms with Crippen LogP contribution in [0, 0.1) is 6.92 Å². The van der Waals surface area contributed by atoms with Crippen molar-refractivity contribution in [2.45, 2.75) is 25.9 Å². The third-order valence-electron chi connectivity index (χ3n) is 4.43. The Hall–Kier alpha value is -2.46. The highest BCUT2D eigenvalue weighted by atomic mass is 16.5. The summed E-state index contributed by atoms with van der Waals surface area (Å²) in [5, 5.41) is 2.19. The molecule has 1 unspecified atom stereocenters. The fourth-order valence-electron chi connectivity index (χ4n) is 3.16. The predicted octanol–water partition coefficient (Wildman–Crippen LogP) is 4.16. The first-order valence-corrected chi connectivity index (χ1v) is 8.35. The third-order valence-corrected chi connectivity index (χ3v) is 4.43. The Labute approximate surface area is 141 Å². The van der Waals surface area contributed by atoms with Crippen molar-refractivity contribution in [1.82, 2.24) is 9.97 Å². The van der Waals surface area contributed by atoms with E-state index in [9.17, 15) is 0 Å². The monoisotopic (exact) mass is 320 g/mol. The Morgan fingerprint density at radius 2 is 2.04 bits per heavy atom. The second-order valence-corrected chi connectivity index (χ2v) is 6.21. The van der Waals surface area contributed by atoms with E-state index in [1.807, 2.05) is 18.3 Å². The van der Waals surface area contributed by atoms with Gasteiger partial charge in [0.15, 0.2) is 0 Å². The zero-order valence-electron chi connectivity index (χ0n) is 13.7. The number of pyridine rings is 2. The molecule has 0 bridgehead atoms. The van der Waals surface area contributed by atoms with E-state index in [-0.39, 0.29) is 6.10 Å². The smallest absolute Gasteiger partial charge is 0.221 e. The average Bonchev–Trinajstić information content (AvgIpc) is 3.14. The van der Waals surface area contributed by atoms with Crippen molar-refractivity contribution >= 4 is 10.8 Å². The molecule has 4 nitrogen and oxygen atoms in total. The van der Waals surface area contributed by atoms with Crippen LogP contribution in [0.25, 0.3) is 21.9 Å². The summed E-state index contributed by atoms with van der Waals surface area (Å²) in [6.07, 6.45) is 7.85. The average molecular weight is 320 g/mol. The summed E-state index contributed by atoms with van der Waals surface area (Å²) in [6, 6.07) is 10.4. The maximum atomic E-state index is 6.00. The normalized spacial score (nSPS) is 17.3. The highest BCUT2D eigenvalue weighted by molar-refractivity contribution is 5.99. The minimum atomic E-state index is 0.187. The Kier molecular flexibility index (Phi) is 4.13. The van der Waals surface area contributed by atoms with Crippen molar-refractivity contribution in [3.05, 3.63) is 54.5 Å². The lowest BCUT2D eigenvalue weighted by atomic mass is 10.0. The van der Waals surface area contributed by atoms with E-state index in [0.29, 0.717) is 12.5 Å². The van der Waals surface area contributed by atoms with Gasteiger partial charge in [-0.25, -0.2) is 4.98 Å². The van der Waals surface area contributed by atoms with Crippen LogP contribution in [0.2, 0.25) is 0 Å². The van der Waals surface area contributed by atoms with Crippen LogP contribution in [0.4, 0.5) is 0 Å². The summed E-state index contributed by atoms with van der Waals surface area (Å²) in [4.78, 5) is 8.68. The van der Waals surface area contributed by atoms with Crippen LogP contribution in [0.5, 0.6) is 5.88 Å². The van der Waals surface area contributed by atoms with E-state index in [4.69, 9.17) is 9.47 Å². The van der Waals surface area contributed by atoms with Crippen molar-refractivity contribution in [3.63, 3.8) is 0 Å². The fourth-order valence-corrected chi connectivity index (χ4v) is 3.16. The SMILES string of the molecule is Cc1ccc2c(-c3ccncc3)cnc(OCC3CCCO3)c2c1. The number of ether oxygens (including phenoxy) is 2. The number of aromatic nitrogens is 2. The molecular weight excluding hydrogens is 300 g/mol. The van der Waals surface area contributed by atoms with Gasteiger partial charge in [-0.3, -0.25) is 4.98 Å².